The average Bonchev–Trinajstić information content (AvgIpc) is 3.33. The lowest BCUT2D eigenvalue weighted by Gasteiger charge is -2.24. The lowest BCUT2D eigenvalue weighted by Crippen LogP contribution is -2.40. The Morgan fingerprint density at radius 2 is 2.00 bits per heavy atom. The summed E-state index contributed by atoms with van der Waals surface area (Å²) in [4.78, 5) is 14.4. The third-order valence-corrected chi connectivity index (χ3v) is 4.36. The first-order valence-corrected chi connectivity index (χ1v) is 8.97. The van der Waals surface area contributed by atoms with Gasteiger partial charge in [0.05, 0.1) is 19.1 Å². The number of urea groups is 1. The van der Waals surface area contributed by atoms with Gasteiger partial charge in [-0.25, -0.2) is 4.79 Å². The van der Waals surface area contributed by atoms with Crippen LogP contribution in [-0.2, 0) is 13.1 Å². The summed E-state index contributed by atoms with van der Waals surface area (Å²) in [6, 6.07) is 11.6. The molecule has 1 atom stereocenters. The molecule has 0 fully saturated rings. The molecular weight excluding hydrogens is 342 g/mol. The van der Waals surface area contributed by atoms with Gasteiger partial charge in [0.1, 0.15) is 6.33 Å². The Bertz CT molecular complexity index is 842. The van der Waals surface area contributed by atoms with E-state index in [1.54, 1.807) is 24.5 Å². The highest BCUT2D eigenvalue weighted by molar-refractivity contribution is 5.74. The number of nitrogens with one attached hydrogen (secondary N) is 1. The van der Waals surface area contributed by atoms with Gasteiger partial charge in [-0.2, -0.15) is 5.10 Å². The van der Waals surface area contributed by atoms with Crippen LogP contribution in [-0.4, -0.2) is 42.5 Å². The Morgan fingerprint density at radius 1 is 1.22 bits per heavy atom. The number of aromatic nitrogens is 5. The van der Waals surface area contributed by atoms with E-state index in [9.17, 15) is 4.79 Å². The van der Waals surface area contributed by atoms with Crippen molar-refractivity contribution in [2.24, 2.45) is 0 Å². The molecule has 1 N–H and O–H groups in total. The molecule has 3 aromatic rings. The fraction of sp³-hybridized carbons (Fsp3) is 0.368. The lowest BCUT2D eigenvalue weighted by atomic mass is 10.1. The van der Waals surface area contributed by atoms with E-state index in [2.05, 4.69) is 34.5 Å². The maximum Gasteiger partial charge on any atom is 0.318 e. The van der Waals surface area contributed by atoms with Crippen molar-refractivity contribution in [1.82, 2.24) is 34.8 Å². The normalized spacial score (nSPS) is 12.1. The van der Waals surface area contributed by atoms with Crippen molar-refractivity contribution >= 4 is 6.03 Å². The van der Waals surface area contributed by atoms with Gasteiger partial charge < -0.3 is 14.8 Å². The minimum Gasteiger partial charge on any atom is -0.329 e. The molecule has 1 aromatic carbocycles. The third-order valence-electron chi connectivity index (χ3n) is 4.36. The second-order valence-electron chi connectivity index (χ2n) is 6.75. The van der Waals surface area contributed by atoms with Crippen LogP contribution in [0.1, 0.15) is 37.3 Å². The van der Waals surface area contributed by atoms with Crippen LogP contribution in [0.15, 0.2) is 55.1 Å². The van der Waals surface area contributed by atoms with Gasteiger partial charge in [0, 0.05) is 25.5 Å². The SMILES string of the molecule is CC(C)n1cnnc1CN(C)C(=O)NC(Cn1cccn1)c1ccccc1. The monoisotopic (exact) mass is 367 g/mol. The molecule has 0 bridgehead atoms. The number of carbonyl (C=O) groups excluding carboxylic acids is 1. The largest absolute Gasteiger partial charge is 0.329 e. The maximum atomic E-state index is 12.8. The Labute approximate surface area is 158 Å². The first kappa shape index (κ1) is 18.6. The zero-order chi connectivity index (χ0) is 19.2. The fourth-order valence-electron chi connectivity index (χ4n) is 2.87. The van der Waals surface area contributed by atoms with Gasteiger partial charge >= 0.3 is 6.03 Å². The molecular formula is C19H25N7O. The van der Waals surface area contributed by atoms with Crippen LogP contribution >= 0.6 is 0 Å². The highest BCUT2D eigenvalue weighted by Gasteiger charge is 2.19. The summed E-state index contributed by atoms with van der Waals surface area (Å²) >= 11 is 0. The first-order valence-electron chi connectivity index (χ1n) is 8.97. The summed E-state index contributed by atoms with van der Waals surface area (Å²) in [5.41, 5.74) is 1.03. The first-order chi connectivity index (χ1) is 13.0. The van der Waals surface area contributed by atoms with Crippen LogP contribution in [0.5, 0.6) is 0 Å². The van der Waals surface area contributed by atoms with E-state index in [1.807, 2.05) is 51.8 Å². The number of nitrogens with zero attached hydrogens (tertiary/aromatic N) is 6. The molecule has 0 saturated heterocycles. The molecule has 0 aliphatic heterocycles. The van der Waals surface area contributed by atoms with Gasteiger partial charge in [0.2, 0.25) is 0 Å². The molecule has 0 aliphatic carbocycles. The second-order valence-corrected chi connectivity index (χ2v) is 6.75. The Kier molecular flexibility index (Phi) is 5.85. The fourth-order valence-corrected chi connectivity index (χ4v) is 2.87. The van der Waals surface area contributed by atoms with Crippen molar-refractivity contribution in [2.45, 2.75) is 39.0 Å². The molecule has 0 aliphatic rings. The quantitative estimate of drug-likeness (QED) is 0.696. The van der Waals surface area contributed by atoms with Gasteiger partial charge in [0.25, 0.3) is 0 Å². The highest BCUT2D eigenvalue weighted by atomic mass is 16.2. The van der Waals surface area contributed by atoms with E-state index in [0.717, 1.165) is 11.4 Å². The summed E-state index contributed by atoms with van der Waals surface area (Å²) in [6.45, 7) is 5.05. The Hall–Kier alpha value is -3.16. The van der Waals surface area contributed by atoms with Crippen LogP contribution < -0.4 is 5.32 Å². The van der Waals surface area contributed by atoms with Gasteiger partial charge in [-0.3, -0.25) is 4.68 Å². The molecule has 2 amide bonds. The van der Waals surface area contributed by atoms with Gasteiger partial charge in [-0.1, -0.05) is 30.3 Å². The molecule has 0 radical (unpaired) electrons. The summed E-state index contributed by atoms with van der Waals surface area (Å²) in [7, 11) is 1.75. The van der Waals surface area contributed by atoms with Crippen LogP contribution in [0.4, 0.5) is 4.79 Å². The Balaban J connectivity index is 1.70. The Morgan fingerprint density at radius 3 is 2.67 bits per heavy atom. The molecule has 27 heavy (non-hydrogen) atoms. The third kappa shape index (κ3) is 4.72. The average molecular weight is 367 g/mol. The van der Waals surface area contributed by atoms with E-state index in [4.69, 9.17) is 0 Å². The smallest absolute Gasteiger partial charge is 0.318 e. The summed E-state index contributed by atoms with van der Waals surface area (Å²) in [5.74, 6) is 0.756. The van der Waals surface area contributed by atoms with E-state index in [1.165, 1.54) is 0 Å². The topological polar surface area (TPSA) is 80.9 Å². The summed E-state index contributed by atoms with van der Waals surface area (Å²) in [5, 5.41) is 15.4. The number of rotatable bonds is 7. The van der Waals surface area contributed by atoms with Crippen LogP contribution in [0.25, 0.3) is 0 Å². The van der Waals surface area contributed by atoms with Gasteiger partial charge in [-0.05, 0) is 25.5 Å². The zero-order valence-electron chi connectivity index (χ0n) is 15.9. The van der Waals surface area contributed by atoms with Crippen LogP contribution in [0.3, 0.4) is 0 Å². The van der Waals surface area contributed by atoms with Gasteiger partial charge in [0.15, 0.2) is 5.82 Å². The molecule has 0 spiro atoms. The van der Waals surface area contributed by atoms with Gasteiger partial charge in [-0.15, -0.1) is 10.2 Å². The standard InChI is InChI=1S/C19H25N7O/c1-15(2)26-14-20-23-18(26)13-24(3)19(27)22-17(12-25-11-7-10-21-25)16-8-5-4-6-9-16/h4-11,14-15,17H,12-13H2,1-3H3,(H,22,27). The second kappa shape index (κ2) is 8.48. The number of benzene rings is 1. The molecule has 1 unspecified atom stereocenters. The molecule has 0 saturated carbocycles. The molecule has 2 heterocycles. The van der Waals surface area contributed by atoms with E-state index in [-0.39, 0.29) is 18.1 Å². The predicted octanol–water partition coefficient (Wildman–Crippen LogP) is 2.64. The van der Waals surface area contributed by atoms with E-state index in [0.29, 0.717) is 13.1 Å². The maximum absolute atomic E-state index is 12.8. The van der Waals surface area contributed by atoms with E-state index >= 15 is 0 Å². The molecule has 8 heteroatoms. The van der Waals surface area contributed by atoms with Crippen molar-refractivity contribution in [3.63, 3.8) is 0 Å². The van der Waals surface area contributed by atoms with Crippen LogP contribution in [0.2, 0.25) is 0 Å². The summed E-state index contributed by atoms with van der Waals surface area (Å²) < 4.78 is 3.77. The molecule has 142 valence electrons. The van der Waals surface area contributed by atoms with Crippen molar-refractivity contribution < 1.29 is 4.79 Å². The highest BCUT2D eigenvalue weighted by Crippen LogP contribution is 2.16. The van der Waals surface area contributed by atoms with Crippen molar-refractivity contribution in [1.29, 1.82) is 0 Å². The number of carbonyl (C=O) groups is 1. The number of hydrogen-bond donors (Lipinski definition) is 1. The van der Waals surface area contributed by atoms with Crippen LogP contribution in [0, 0.1) is 0 Å². The number of hydrogen-bond acceptors (Lipinski definition) is 4. The molecule has 8 nitrogen and oxygen atoms in total. The molecule has 3 rings (SSSR count). The molecule has 2 aromatic heterocycles. The van der Waals surface area contributed by atoms with Crippen molar-refractivity contribution in [2.75, 3.05) is 7.05 Å². The lowest BCUT2D eigenvalue weighted by molar-refractivity contribution is 0.198. The predicted molar refractivity (Wildman–Crippen MR) is 102 cm³/mol. The summed E-state index contributed by atoms with van der Waals surface area (Å²) in [6.07, 6.45) is 5.31. The van der Waals surface area contributed by atoms with Crippen molar-refractivity contribution in [3.05, 3.63) is 66.5 Å². The zero-order valence-corrected chi connectivity index (χ0v) is 15.9. The van der Waals surface area contributed by atoms with E-state index < -0.39 is 0 Å². The minimum atomic E-state index is -0.191. The van der Waals surface area contributed by atoms with Crippen molar-refractivity contribution in [3.8, 4) is 0 Å². The minimum absolute atomic E-state index is 0.172. The number of amides is 2.